The number of benzene rings is 2. The van der Waals surface area contributed by atoms with Crippen molar-refractivity contribution >= 4 is 0 Å². The van der Waals surface area contributed by atoms with Gasteiger partial charge in [-0.15, -0.1) is 0 Å². The average Bonchev–Trinajstić information content (AvgIpc) is 2.46. The Bertz CT molecular complexity index is 642. The molecule has 2 rings (SSSR count). The van der Waals surface area contributed by atoms with Crippen LogP contribution in [0.5, 0.6) is 5.75 Å². The minimum absolute atomic E-state index is 0.445. The lowest BCUT2D eigenvalue weighted by atomic mass is 10.1. The summed E-state index contributed by atoms with van der Waals surface area (Å²) in [5.41, 5.74) is 3.57. The van der Waals surface area contributed by atoms with Gasteiger partial charge in [-0.05, 0) is 54.8 Å². The lowest BCUT2D eigenvalue weighted by Crippen LogP contribution is -1.99. The zero-order chi connectivity index (χ0) is 14.5. The molecule has 1 N–H and O–H groups in total. The van der Waals surface area contributed by atoms with Crippen LogP contribution in [-0.4, -0.2) is 5.11 Å². The van der Waals surface area contributed by atoms with Crippen molar-refractivity contribution in [3.05, 3.63) is 64.7 Å². The Morgan fingerprint density at radius 1 is 1.25 bits per heavy atom. The SMILES string of the molecule is Cc1cc(C#N)ccc1COc1cccc(C(C)O)c1. The van der Waals surface area contributed by atoms with E-state index in [0.717, 1.165) is 22.4 Å². The molecular formula is C17H17NO2. The summed E-state index contributed by atoms with van der Waals surface area (Å²) in [5.74, 6) is 0.729. The Morgan fingerprint density at radius 2 is 2.05 bits per heavy atom. The minimum atomic E-state index is -0.504. The van der Waals surface area contributed by atoms with E-state index >= 15 is 0 Å². The van der Waals surface area contributed by atoms with Crippen LogP contribution < -0.4 is 4.74 Å². The van der Waals surface area contributed by atoms with Crippen molar-refractivity contribution in [2.75, 3.05) is 0 Å². The third kappa shape index (κ3) is 3.37. The van der Waals surface area contributed by atoms with Gasteiger partial charge in [-0.1, -0.05) is 18.2 Å². The molecule has 0 fully saturated rings. The molecule has 0 aromatic heterocycles. The van der Waals surface area contributed by atoms with Crippen LogP contribution in [0.4, 0.5) is 0 Å². The van der Waals surface area contributed by atoms with Crippen LogP contribution in [-0.2, 0) is 6.61 Å². The summed E-state index contributed by atoms with van der Waals surface area (Å²) >= 11 is 0. The molecule has 20 heavy (non-hydrogen) atoms. The topological polar surface area (TPSA) is 53.2 Å². The van der Waals surface area contributed by atoms with Crippen LogP contribution in [0.25, 0.3) is 0 Å². The van der Waals surface area contributed by atoms with E-state index < -0.39 is 6.10 Å². The molecule has 0 aliphatic heterocycles. The fraction of sp³-hybridized carbons (Fsp3) is 0.235. The Morgan fingerprint density at radius 3 is 2.70 bits per heavy atom. The van der Waals surface area contributed by atoms with Crippen LogP contribution >= 0.6 is 0 Å². The molecule has 0 saturated carbocycles. The second-order valence-corrected chi connectivity index (χ2v) is 4.79. The Balaban J connectivity index is 2.09. The van der Waals surface area contributed by atoms with E-state index in [0.29, 0.717) is 12.2 Å². The quantitative estimate of drug-likeness (QED) is 0.922. The molecule has 1 unspecified atom stereocenters. The zero-order valence-electron chi connectivity index (χ0n) is 11.6. The van der Waals surface area contributed by atoms with Crippen molar-refractivity contribution in [3.63, 3.8) is 0 Å². The van der Waals surface area contributed by atoms with Gasteiger partial charge in [0, 0.05) is 0 Å². The molecule has 0 spiro atoms. The Hall–Kier alpha value is -2.31. The number of rotatable bonds is 4. The van der Waals surface area contributed by atoms with Gasteiger partial charge in [-0.25, -0.2) is 0 Å². The highest BCUT2D eigenvalue weighted by Gasteiger charge is 2.04. The highest BCUT2D eigenvalue weighted by Crippen LogP contribution is 2.20. The normalized spacial score (nSPS) is 11.7. The van der Waals surface area contributed by atoms with E-state index in [1.54, 1.807) is 13.0 Å². The second kappa shape index (κ2) is 6.23. The molecule has 0 radical (unpaired) electrons. The monoisotopic (exact) mass is 267 g/mol. The molecule has 2 aromatic rings. The molecule has 0 bridgehead atoms. The van der Waals surface area contributed by atoms with Crippen molar-refractivity contribution < 1.29 is 9.84 Å². The third-order valence-electron chi connectivity index (χ3n) is 3.21. The largest absolute Gasteiger partial charge is 0.489 e. The highest BCUT2D eigenvalue weighted by molar-refractivity contribution is 5.37. The first-order valence-electron chi connectivity index (χ1n) is 6.50. The Labute approximate surface area is 119 Å². The fourth-order valence-electron chi connectivity index (χ4n) is 1.95. The minimum Gasteiger partial charge on any atom is -0.489 e. The van der Waals surface area contributed by atoms with E-state index in [9.17, 15) is 5.11 Å². The summed E-state index contributed by atoms with van der Waals surface area (Å²) in [4.78, 5) is 0. The molecule has 3 heteroatoms. The van der Waals surface area contributed by atoms with E-state index in [4.69, 9.17) is 10.00 Å². The van der Waals surface area contributed by atoms with Crippen LogP contribution in [0.1, 0.15) is 35.3 Å². The highest BCUT2D eigenvalue weighted by atomic mass is 16.5. The Kier molecular flexibility index (Phi) is 4.39. The average molecular weight is 267 g/mol. The van der Waals surface area contributed by atoms with Crippen molar-refractivity contribution in [3.8, 4) is 11.8 Å². The van der Waals surface area contributed by atoms with Gasteiger partial charge in [-0.3, -0.25) is 0 Å². The fourth-order valence-corrected chi connectivity index (χ4v) is 1.95. The van der Waals surface area contributed by atoms with Crippen LogP contribution in [0.3, 0.4) is 0 Å². The van der Waals surface area contributed by atoms with Gasteiger partial charge < -0.3 is 9.84 Å². The van der Waals surface area contributed by atoms with Crippen LogP contribution in [0.15, 0.2) is 42.5 Å². The van der Waals surface area contributed by atoms with Crippen molar-refractivity contribution in [2.45, 2.75) is 26.6 Å². The molecule has 0 amide bonds. The summed E-state index contributed by atoms with van der Waals surface area (Å²) < 4.78 is 5.74. The molecule has 0 heterocycles. The zero-order valence-corrected chi connectivity index (χ0v) is 11.6. The standard InChI is InChI=1S/C17H17NO2/c1-12-8-14(10-18)6-7-16(12)11-20-17-5-3-4-15(9-17)13(2)19/h3-9,13,19H,11H2,1-2H3. The van der Waals surface area contributed by atoms with Crippen molar-refractivity contribution in [1.82, 2.24) is 0 Å². The van der Waals surface area contributed by atoms with Crippen molar-refractivity contribution in [1.29, 1.82) is 5.26 Å². The van der Waals surface area contributed by atoms with E-state index in [1.807, 2.05) is 43.3 Å². The molecule has 0 aliphatic rings. The first-order valence-corrected chi connectivity index (χ1v) is 6.50. The summed E-state index contributed by atoms with van der Waals surface area (Å²) in [6.45, 7) is 4.14. The maximum Gasteiger partial charge on any atom is 0.120 e. The summed E-state index contributed by atoms with van der Waals surface area (Å²) in [6, 6.07) is 15.1. The smallest absolute Gasteiger partial charge is 0.120 e. The van der Waals surface area contributed by atoms with Crippen LogP contribution in [0, 0.1) is 18.3 Å². The van der Waals surface area contributed by atoms with Gasteiger partial charge >= 0.3 is 0 Å². The van der Waals surface area contributed by atoms with Gasteiger partial charge in [0.25, 0.3) is 0 Å². The molecule has 3 nitrogen and oxygen atoms in total. The number of nitriles is 1. The molecule has 2 aromatic carbocycles. The van der Waals surface area contributed by atoms with Crippen LogP contribution in [0.2, 0.25) is 0 Å². The molecule has 1 atom stereocenters. The lowest BCUT2D eigenvalue weighted by Gasteiger charge is -2.11. The van der Waals surface area contributed by atoms with Crippen molar-refractivity contribution in [2.24, 2.45) is 0 Å². The van der Waals surface area contributed by atoms with Gasteiger partial charge in [0.05, 0.1) is 17.7 Å². The first kappa shape index (κ1) is 14.1. The number of hydrogen-bond donors (Lipinski definition) is 1. The van der Waals surface area contributed by atoms with E-state index in [1.165, 1.54) is 0 Å². The second-order valence-electron chi connectivity index (χ2n) is 4.79. The third-order valence-corrected chi connectivity index (χ3v) is 3.21. The maximum atomic E-state index is 9.55. The summed E-state index contributed by atoms with van der Waals surface area (Å²) in [7, 11) is 0. The maximum absolute atomic E-state index is 9.55. The van der Waals surface area contributed by atoms with Gasteiger partial charge in [0.1, 0.15) is 12.4 Å². The van der Waals surface area contributed by atoms with E-state index in [2.05, 4.69) is 6.07 Å². The number of aliphatic hydroxyl groups is 1. The predicted molar refractivity (Wildman–Crippen MR) is 77.3 cm³/mol. The van der Waals surface area contributed by atoms with Gasteiger partial charge in [0.2, 0.25) is 0 Å². The van der Waals surface area contributed by atoms with Gasteiger partial charge in [0.15, 0.2) is 0 Å². The molecule has 0 saturated heterocycles. The number of aryl methyl sites for hydroxylation is 1. The van der Waals surface area contributed by atoms with Gasteiger partial charge in [-0.2, -0.15) is 5.26 Å². The molecule has 102 valence electrons. The number of nitrogens with zero attached hydrogens (tertiary/aromatic N) is 1. The predicted octanol–water partition coefficient (Wildman–Crippen LogP) is 3.50. The summed E-state index contributed by atoms with van der Waals surface area (Å²) in [5, 5.41) is 18.4. The summed E-state index contributed by atoms with van der Waals surface area (Å²) in [6.07, 6.45) is -0.504. The number of ether oxygens (including phenoxy) is 1. The van der Waals surface area contributed by atoms with E-state index in [-0.39, 0.29) is 0 Å². The number of aliphatic hydroxyl groups excluding tert-OH is 1. The molecular weight excluding hydrogens is 250 g/mol. The molecule has 0 aliphatic carbocycles. The number of hydrogen-bond acceptors (Lipinski definition) is 3. The first-order chi connectivity index (χ1) is 9.60. The lowest BCUT2D eigenvalue weighted by molar-refractivity contribution is 0.198.